The fourth-order valence-electron chi connectivity index (χ4n) is 3.43. The maximum absolute atomic E-state index is 14.4. The quantitative estimate of drug-likeness (QED) is 0.580. The number of aromatic nitrogens is 1. The Labute approximate surface area is 180 Å². The Morgan fingerprint density at radius 2 is 2.03 bits per heavy atom. The van der Waals surface area contributed by atoms with Gasteiger partial charge in [0.25, 0.3) is 10.0 Å². The van der Waals surface area contributed by atoms with Gasteiger partial charge in [0, 0.05) is 37.5 Å². The third-order valence-electron chi connectivity index (χ3n) is 5.03. The molecular formula is C22H24FN3O4S. The van der Waals surface area contributed by atoms with E-state index in [1.165, 1.54) is 30.5 Å². The molecule has 0 aliphatic carbocycles. The van der Waals surface area contributed by atoms with Crippen LogP contribution in [0, 0.1) is 5.82 Å². The molecule has 0 spiro atoms. The molecule has 2 aromatic carbocycles. The van der Waals surface area contributed by atoms with Gasteiger partial charge < -0.3 is 20.5 Å². The van der Waals surface area contributed by atoms with Crippen LogP contribution in [0.2, 0.25) is 0 Å². The lowest BCUT2D eigenvalue weighted by atomic mass is 10.1. The van der Waals surface area contributed by atoms with E-state index in [4.69, 9.17) is 15.2 Å². The van der Waals surface area contributed by atoms with E-state index in [1.807, 2.05) is 0 Å². The highest BCUT2D eigenvalue weighted by molar-refractivity contribution is 7.90. The molecule has 7 nitrogen and oxygen atoms in total. The van der Waals surface area contributed by atoms with E-state index >= 15 is 0 Å². The number of hydrogen-bond donors (Lipinski definition) is 2. The monoisotopic (exact) mass is 445 g/mol. The van der Waals surface area contributed by atoms with Gasteiger partial charge in [-0.1, -0.05) is 18.2 Å². The van der Waals surface area contributed by atoms with Crippen molar-refractivity contribution in [3.05, 3.63) is 72.2 Å². The highest BCUT2D eigenvalue weighted by Gasteiger charge is 2.24. The van der Waals surface area contributed by atoms with E-state index in [1.54, 1.807) is 30.3 Å². The highest BCUT2D eigenvalue weighted by Crippen LogP contribution is 2.30. The first-order valence-corrected chi connectivity index (χ1v) is 11.4. The Morgan fingerprint density at radius 1 is 1.19 bits per heavy atom. The third kappa shape index (κ3) is 4.64. The first kappa shape index (κ1) is 21.5. The average Bonchev–Trinajstić information content (AvgIpc) is 3.24. The molecule has 31 heavy (non-hydrogen) atoms. The highest BCUT2D eigenvalue weighted by atomic mass is 32.2. The van der Waals surface area contributed by atoms with Gasteiger partial charge >= 0.3 is 0 Å². The van der Waals surface area contributed by atoms with Gasteiger partial charge in [0.2, 0.25) is 0 Å². The smallest absolute Gasteiger partial charge is 0.268 e. The largest absolute Gasteiger partial charge is 0.491 e. The summed E-state index contributed by atoms with van der Waals surface area (Å²) >= 11 is 0. The van der Waals surface area contributed by atoms with Crippen LogP contribution in [0.4, 0.5) is 4.39 Å². The minimum Gasteiger partial charge on any atom is -0.491 e. The van der Waals surface area contributed by atoms with Crippen molar-refractivity contribution < 1.29 is 22.3 Å². The fraction of sp³-hybridized carbons (Fsp3) is 0.273. The first-order chi connectivity index (χ1) is 15.0. The number of benzene rings is 2. The molecular weight excluding hydrogens is 421 g/mol. The second-order valence-electron chi connectivity index (χ2n) is 7.20. The molecule has 1 aliphatic heterocycles. The van der Waals surface area contributed by atoms with Crippen LogP contribution in [-0.2, 0) is 21.3 Å². The molecule has 1 unspecified atom stereocenters. The van der Waals surface area contributed by atoms with Gasteiger partial charge in [-0.05, 0) is 35.9 Å². The number of nitrogens with one attached hydrogen (secondary N) is 1. The fourth-order valence-corrected chi connectivity index (χ4v) is 4.85. The van der Waals surface area contributed by atoms with E-state index in [9.17, 15) is 12.8 Å². The van der Waals surface area contributed by atoms with Gasteiger partial charge in [0.15, 0.2) is 0 Å². The molecule has 1 aromatic heterocycles. The lowest BCUT2D eigenvalue weighted by Gasteiger charge is -2.23. The zero-order valence-electron chi connectivity index (χ0n) is 16.8. The van der Waals surface area contributed by atoms with Crippen molar-refractivity contribution in [3.63, 3.8) is 0 Å². The lowest BCUT2D eigenvalue weighted by molar-refractivity contribution is 0.000152. The standard InChI is InChI=1S/C22H24FN3O4S/c23-21-7-2-1-6-20(21)22-10-16(12-24)14-26(22)31(27,28)19-5-3-4-17(11-19)30-15-18-13-25-8-9-29-18/h1-7,10-11,14,18,25H,8-9,12-13,15,24H2. The zero-order chi connectivity index (χ0) is 21.8. The van der Waals surface area contributed by atoms with Gasteiger partial charge in [-0.25, -0.2) is 16.8 Å². The number of nitrogens with zero attached hydrogens (tertiary/aromatic N) is 1. The molecule has 0 radical (unpaired) electrons. The number of morpholine rings is 1. The zero-order valence-corrected chi connectivity index (χ0v) is 17.6. The summed E-state index contributed by atoms with van der Waals surface area (Å²) < 4.78 is 53.7. The maximum Gasteiger partial charge on any atom is 0.268 e. The Hall–Kier alpha value is -2.72. The van der Waals surface area contributed by atoms with Gasteiger partial charge in [-0.2, -0.15) is 0 Å². The number of rotatable bonds is 7. The summed E-state index contributed by atoms with van der Waals surface area (Å²) in [4.78, 5) is 0.0319. The van der Waals surface area contributed by atoms with Gasteiger partial charge in [-0.3, -0.25) is 0 Å². The SMILES string of the molecule is NCc1cc(-c2ccccc2F)n(S(=O)(=O)c2cccc(OCC3CNCCO3)c2)c1. The predicted molar refractivity (Wildman–Crippen MR) is 115 cm³/mol. The van der Waals surface area contributed by atoms with Crippen LogP contribution < -0.4 is 15.8 Å². The van der Waals surface area contributed by atoms with Crippen molar-refractivity contribution in [2.24, 2.45) is 5.73 Å². The molecule has 1 atom stereocenters. The van der Waals surface area contributed by atoms with Crippen LogP contribution in [-0.4, -0.2) is 44.8 Å². The van der Waals surface area contributed by atoms with Crippen molar-refractivity contribution in [2.45, 2.75) is 17.5 Å². The molecule has 1 aliphatic rings. The van der Waals surface area contributed by atoms with Crippen molar-refractivity contribution in [1.82, 2.24) is 9.29 Å². The molecule has 1 saturated heterocycles. The van der Waals surface area contributed by atoms with E-state index in [-0.39, 0.29) is 28.8 Å². The third-order valence-corrected chi connectivity index (χ3v) is 6.70. The minimum atomic E-state index is -4.02. The average molecular weight is 446 g/mol. The molecule has 3 aromatic rings. The van der Waals surface area contributed by atoms with Crippen molar-refractivity contribution in [3.8, 4) is 17.0 Å². The van der Waals surface area contributed by atoms with Crippen LogP contribution in [0.3, 0.4) is 0 Å². The summed E-state index contributed by atoms with van der Waals surface area (Å²) in [5.74, 6) is -0.104. The number of ether oxygens (including phenoxy) is 2. The van der Waals surface area contributed by atoms with Gasteiger partial charge in [0.05, 0.1) is 17.2 Å². The Morgan fingerprint density at radius 3 is 2.77 bits per heavy atom. The van der Waals surface area contributed by atoms with E-state index in [2.05, 4.69) is 5.32 Å². The van der Waals surface area contributed by atoms with E-state index in [0.717, 1.165) is 10.5 Å². The molecule has 3 N–H and O–H groups in total. The van der Waals surface area contributed by atoms with Crippen LogP contribution in [0.5, 0.6) is 5.75 Å². The molecule has 0 bridgehead atoms. The summed E-state index contributed by atoms with van der Waals surface area (Å²) in [7, 11) is -4.02. The van der Waals surface area contributed by atoms with E-state index < -0.39 is 15.8 Å². The van der Waals surface area contributed by atoms with Crippen molar-refractivity contribution in [2.75, 3.05) is 26.3 Å². The van der Waals surface area contributed by atoms with Crippen LogP contribution in [0.15, 0.2) is 65.7 Å². The number of hydrogen-bond acceptors (Lipinski definition) is 6. The summed E-state index contributed by atoms with van der Waals surface area (Å²) in [6.07, 6.45) is 1.32. The second-order valence-corrected chi connectivity index (χ2v) is 9.02. The predicted octanol–water partition coefficient (Wildman–Crippen LogP) is 2.36. The molecule has 0 saturated carbocycles. The Kier molecular flexibility index (Phi) is 6.38. The van der Waals surface area contributed by atoms with Crippen molar-refractivity contribution in [1.29, 1.82) is 0 Å². The van der Waals surface area contributed by atoms with Crippen LogP contribution in [0.25, 0.3) is 11.3 Å². The number of nitrogens with two attached hydrogens (primary N) is 1. The molecule has 1 fully saturated rings. The molecule has 9 heteroatoms. The number of halogens is 1. The van der Waals surface area contributed by atoms with Gasteiger partial charge in [0.1, 0.15) is 24.3 Å². The molecule has 2 heterocycles. The Bertz CT molecular complexity index is 1160. The Balaban J connectivity index is 1.66. The van der Waals surface area contributed by atoms with E-state index in [0.29, 0.717) is 31.1 Å². The summed E-state index contributed by atoms with van der Waals surface area (Å²) in [6.45, 7) is 2.52. The topological polar surface area (TPSA) is 95.6 Å². The molecule has 0 amide bonds. The second kappa shape index (κ2) is 9.19. The summed E-state index contributed by atoms with van der Waals surface area (Å²) in [5.41, 5.74) is 6.70. The molecule has 4 rings (SSSR count). The maximum atomic E-state index is 14.4. The van der Waals surface area contributed by atoms with Crippen LogP contribution >= 0.6 is 0 Å². The van der Waals surface area contributed by atoms with Crippen LogP contribution in [0.1, 0.15) is 5.56 Å². The minimum absolute atomic E-state index is 0.0319. The summed E-state index contributed by atoms with van der Waals surface area (Å²) in [6, 6.07) is 13.9. The normalized spacial score (nSPS) is 16.9. The summed E-state index contributed by atoms with van der Waals surface area (Å²) in [5, 5.41) is 3.22. The van der Waals surface area contributed by atoms with Crippen molar-refractivity contribution >= 4 is 10.0 Å². The van der Waals surface area contributed by atoms with Gasteiger partial charge in [-0.15, -0.1) is 0 Å². The lowest BCUT2D eigenvalue weighted by Crippen LogP contribution is -2.41. The first-order valence-electron chi connectivity index (χ1n) is 9.96. The molecule has 164 valence electrons.